The van der Waals surface area contributed by atoms with Crippen molar-refractivity contribution in [1.29, 1.82) is 0 Å². The number of carbonyl (C=O) groups is 1. The first-order valence-corrected chi connectivity index (χ1v) is 11.4. The Kier molecular flexibility index (Phi) is 5.59. The molecule has 6 nitrogen and oxygen atoms in total. The number of benzene rings is 2. The normalized spacial score (nSPS) is 25.2. The summed E-state index contributed by atoms with van der Waals surface area (Å²) in [5.41, 5.74) is 1.33. The largest absolute Gasteiger partial charge is 0.497 e. The number of methoxy groups -OCH3 is 1. The monoisotopic (exact) mass is 436 g/mol. The molecule has 3 fully saturated rings. The van der Waals surface area contributed by atoms with E-state index in [2.05, 4.69) is 10.2 Å². The Bertz CT molecular complexity index is 1020. The minimum absolute atomic E-state index is 0.140. The van der Waals surface area contributed by atoms with Crippen molar-refractivity contribution < 1.29 is 13.9 Å². The fourth-order valence-electron chi connectivity index (χ4n) is 5.29. The lowest BCUT2D eigenvalue weighted by molar-refractivity contribution is 0.250. The van der Waals surface area contributed by atoms with E-state index in [9.17, 15) is 9.18 Å². The van der Waals surface area contributed by atoms with E-state index in [4.69, 9.17) is 9.73 Å². The van der Waals surface area contributed by atoms with Crippen LogP contribution in [0.15, 0.2) is 53.5 Å². The molecule has 1 aliphatic carbocycles. The highest BCUT2D eigenvalue weighted by molar-refractivity contribution is 6.19. The van der Waals surface area contributed by atoms with Gasteiger partial charge in [0.2, 0.25) is 0 Å². The Balaban J connectivity index is 1.48. The van der Waals surface area contributed by atoms with Gasteiger partial charge in [0.1, 0.15) is 22.9 Å². The number of hydrogen-bond donors (Lipinski definition) is 1. The Morgan fingerprint density at radius 2 is 1.97 bits per heavy atom. The van der Waals surface area contributed by atoms with Gasteiger partial charge in [-0.2, -0.15) is 0 Å². The van der Waals surface area contributed by atoms with Gasteiger partial charge in [0.15, 0.2) is 0 Å². The molecule has 1 atom stereocenters. The van der Waals surface area contributed by atoms with Crippen molar-refractivity contribution in [2.75, 3.05) is 25.1 Å². The highest BCUT2D eigenvalue weighted by atomic mass is 19.1. The van der Waals surface area contributed by atoms with Gasteiger partial charge in [0.05, 0.1) is 18.8 Å². The van der Waals surface area contributed by atoms with Crippen molar-refractivity contribution in [3.63, 3.8) is 0 Å². The first-order chi connectivity index (χ1) is 15.6. The van der Waals surface area contributed by atoms with Crippen LogP contribution in [0.3, 0.4) is 0 Å². The highest BCUT2D eigenvalue weighted by Crippen LogP contribution is 2.39. The Morgan fingerprint density at radius 1 is 1.19 bits per heavy atom. The SMILES string of the molecule is COc1cccc(N2C(=O)NC(=NC3CCCC3)C23CCN(Cc2ccc(F)cc2)C3)c1. The number of ether oxygens (including phenoxy) is 1. The lowest BCUT2D eigenvalue weighted by atomic mass is 9.95. The summed E-state index contributed by atoms with van der Waals surface area (Å²) in [6.07, 6.45) is 5.33. The molecular weight excluding hydrogens is 407 g/mol. The van der Waals surface area contributed by atoms with Crippen LogP contribution in [0.2, 0.25) is 0 Å². The number of nitrogens with one attached hydrogen (secondary N) is 1. The summed E-state index contributed by atoms with van der Waals surface area (Å²) >= 11 is 0. The number of hydrogen-bond acceptors (Lipinski definition) is 4. The Morgan fingerprint density at radius 3 is 2.72 bits per heavy atom. The average molecular weight is 437 g/mol. The van der Waals surface area contributed by atoms with Gasteiger partial charge < -0.3 is 4.74 Å². The smallest absolute Gasteiger partial charge is 0.328 e. The van der Waals surface area contributed by atoms with Crippen molar-refractivity contribution in [1.82, 2.24) is 10.2 Å². The molecule has 5 rings (SSSR count). The summed E-state index contributed by atoms with van der Waals surface area (Å²) in [4.78, 5) is 22.5. The second-order valence-electron chi connectivity index (χ2n) is 9.00. The van der Waals surface area contributed by atoms with Crippen molar-refractivity contribution in [3.05, 3.63) is 59.9 Å². The van der Waals surface area contributed by atoms with E-state index in [1.165, 1.54) is 25.0 Å². The highest BCUT2D eigenvalue weighted by Gasteiger charge is 2.55. The van der Waals surface area contributed by atoms with Gasteiger partial charge in [0.25, 0.3) is 0 Å². The van der Waals surface area contributed by atoms with E-state index < -0.39 is 5.54 Å². The summed E-state index contributed by atoms with van der Waals surface area (Å²) in [6.45, 7) is 2.21. The number of anilines is 1. The third-order valence-electron chi connectivity index (χ3n) is 6.89. The van der Waals surface area contributed by atoms with Crippen LogP contribution in [0.4, 0.5) is 14.9 Å². The van der Waals surface area contributed by atoms with Crippen LogP contribution in [0, 0.1) is 5.82 Å². The fourth-order valence-corrected chi connectivity index (χ4v) is 5.29. The molecule has 1 spiro atoms. The van der Waals surface area contributed by atoms with E-state index in [-0.39, 0.29) is 17.9 Å². The Labute approximate surface area is 188 Å². The average Bonchev–Trinajstić information content (AvgIpc) is 3.51. The molecule has 1 N–H and O–H groups in total. The van der Waals surface area contributed by atoms with Crippen LogP contribution in [0.25, 0.3) is 0 Å². The number of halogens is 1. The van der Waals surface area contributed by atoms with Crippen molar-refractivity contribution >= 4 is 17.6 Å². The van der Waals surface area contributed by atoms with E-state index >= 15 is 0 Å². The molecule has 2 aliphatic heterocycles. The first kappa shape index (κ1) is 20.9. The summed E-state index contributed by atoms with van der Waals surface area (Å²) in [6, 6.07) is 14.4. The van der Waals surface area contributed by atoms with Gasteiger partial charge in [-0.3, -0.25) is 20.1 Å². The van der Waals surface area contributed by atoms with Crippen LogP contribution >= 0.6 is 0 Å². The fraction of sp³-hybridized carbons (Fsp3) is 0.440. The molecule has 1 unspecified atom stereocenters. The van der Waals surface area contributed by atoms with Gasteiger partial charge in [-0.15, -0.1) is 0 Å². The van der Waals surface area contributed by atoms with Crippen LogP contribution in [0.5, 0.6) is 5.75 Å². The standard InChI is InChI=1S/C25H29FN4O2/c1-32-22-8-4-7-21(15-22)30-24(31)28-23(27-20-5-2-3-6-20)25(30)13-14-29(17-25)16-18-9-11-19(26)12-10-18/h4,7-12,15,20H,2-3,5-6,13-14,16-17H2,1H3,(H,27,28,31). The zero-order chi connectivity index (χ0) is 22.1. The summed E-state index contributed by atoms with van der Waals surface area (Å²) in [7, 11) is 1.63. The lowest BCUT2D eigenvalue weighted by Gasteiger charge is -2.34. The molecule has 2 aromatic carbocycles. The number of urea groups is 1. The predicted molar refractivity (Wildman–Crippen MR) is 123 cm³/mol. The van der Waals surface area contributed by atoms with E-state index in [1.807, 2.05) is 41.3 Å². The van der Waals surface area contributed by atoms with Crippen LogP contribution in [0.1, 0.15) is 37.7 Å². The molecule has 32 heavy (non-hydrogen) atoms. The number of nitrogens with zero attached hydrogens (tertiary/aromatic N) is 3. The molecule has 168 valence electrons. The third kappa shape index (κ3) is 3.86. The molecule has 0 radical (unpaired) electrons. The zero-order valence-electron chi connectivity index (χ0n) is 18.4. The number of amides is 2. The van der Waals surface area contributed by atoms with Crippen LogP contribution in [-0.4, -0.2) is 48.5 Å². The van der Waals surface area contributed by atoms with Crippen LogP contribution < -0.4 is 15.0 Å². The number of rotatable bonds is 5. The number of carbonyl (C=O) groups excluding carboxylic acids is 1. The van der Waals surface area contributed by atoms with Gasteiger partial charge in [0, 0.05) is 25.7 Å². The molecule has 2 amide bonds. The molecule has 2 saturated heterocycles. The molecule has 0 aromatic heterocycles. The molecule has 3 aliphatic rings. The molecule has 1 saturated carbocycles. The van der Waals surface area contributed by atoms with Gasteiger partial charge in [-0.25, -0.2) is 9.18 Å². The maximum Gasteiger partial charge on any atom is 0.328 e. The predicted octanol–water partition coefficient (Wildman–Crippen LogP) is 4.35. The van der Waals surface area contributed by atoms with E-state index in [0.717, 1.165) is 42.9 Å². The maximum atomic E-state index is 13.3. The topological polar surface area (TPSA) is 57.2 Å². The second-order valence-corrected chi connectivity index (χ2v) is 9.00. The number of likely N-dealkylation sites (tertiary alicyclic amines) is 1. The van der Waals surface area contributed by atoms with Crippen molar-refractivity contribution in [2.24, 2.45) is 4.99 Å². The minimum atomic E-state index is -0.536. The van der Waals surface area contributed by atoms with Gasteiger partial charge in [-0.1, -0.05) is 31.0 Å². The number of aliphatic imine (C=N–C) groups is 1. The maximum absolute atomic E-state index is 13.3. The molecule has 0 bridgehead atoms. The number of amidine groups is 1. The molecular formula is C25H29FN4O2. The third-order valence-corrected chi connectivity index (χ3v) is 6.89. The minimum Gasteiger partial charge on any atom is -0.497 e. The summed E-state index contributed by atoms with van der Waals surface area (Å²) < 4.78 is 18.8. The van der Waals surface area contributed by atoms with Crippen LogP contribution in [-0.2, 0) is 6.54 Å². The Hall–Kier alpha value is -2.93. The molecule has 7 heteroatoms. The van der Waals surface area contributed by atoms with Gasteiger partial charge in [-0.05, 0) is 49.1 Å². The van der Waals surface area contributed by atoms with Crippen molar-refractivity contribution in [2.45, 2.75) is 50.2 Å². The summed E-state index contributed by atoms with van der Waals surface area (Å²) in [5.74, 6) is 1.28. The zero-order valence-corrected chi connectivity index (χ0v) is 18.4. The molecule has 2 aromatic rings. The van der Waals surface area contributed by atoms with Crippen molar-refractivity contribution in [3.8, 4) is 5.75 Å². The first-order valence-electron chi connectivity index (χ1n) is 11.4. The van der Waals surface area contributed by atoms with Gasteiger partial charge >= 0.3 is 6.03 Å². The molecule has 2 heterocycles. The lowest BCUT2D eigenvalue weighted by Crippen LogP contribution is -2.52. The van der Waals surface area contributed by atoms with E-state index in [0.29, 0.717) is 18.8 Å². The second kappa shape index (κ2) is 8.54. The summed E-state index contributed by atoms with van der Waals surface area (Å²) in [5, 5.41) is 3.11. The van der Waals surface area contributed by atoms with E-state index in [1.54, 1.807) is 7.11 Å². The quantitative estimate of drug-likeness (QED) is 0.758.